The molecule has 2 saturated carbocycles. The fourth-order valence-electron chi connectivity index (χ4n) is 7.02. The minimum absolute atomic E-state index is 0.0234. The van der Waals surface area contributed by atoms with Crippen molar-refractivity contribution in [3.63, 3.8) is 0 Å². The average molecular weight is 663 g/mol. The SMILES string of the molecule is CC(C)OC(=O)C(O)C(CC1CCCCC1)NC(=O)C(CC(=O)N(CC(=O)N1CCOCC1)CC1CCCCC1)Cc1cscn1. The van der Waals surface area contributed by atoms with Crippen LogP contribution in [0.2, 0.25) is 0 Å². The molecule has 2 aliphatic carbocycles. The minimum Gasteiger partial charge on any atom is -0.461 e. The summed E-state index contributed by atoms with van der Waals surface area (Å²) in [6.45, 7) is 5.88. The van der Waals surface area contributed by atoms with E-state index in [9.17, 15) is 24.3 Å². The Balaban J connectivity index is 1.51. The molecule has 258 valence electrons. The average Bonchev–Trinajstić information content (AvgIpc) is 3.57. The van der Waals surface area contributed by atoms with E-state index in [4.69, 9.17) is 9.47 Å². The zero-order chi connectivity index (χ0) is 32.9. The predicted molar refractivity (Wildman–Crippen MR) is 175 cm³/mol. The number of esters is 1. The van der Waals surface area contributed by atoms with Crippen LogP contribution in [0.1, 0.15) is 96.6 Å². The lowest BCUT2D eigenvalue weighted by atomic mass is 9.83. The van der Waals surface area contributed by atoms with Crippen LogP contribution in [0.15, 0.2) is 10.9 Å². The molecule has 2 N–H and O–H groups in total. The molecule has 3 atom stereocenters. The largest absolute Gasteiger partial charge is 0.461 e. The second-order valence-corrected chi connectivity index (χ2v) is 14.4. The number of nitrogens with zero attached hydrogens (tertiary/aromatic N) is 3. The summed E-state index contributed by atoms with van der Waals surface area (Å²) >= 11 is 1.42. The molecular formula is C34H54N4O7S. The first-order valence-electron chi connectivity index (χ1n) is 17.4. The summed E-state index contributed by atoms with van der Waals surface area (Å²) in [7, 11) is 0. The van der Waals surface area contributed by atoms with Crippen LogP contribution in [0.4, 0.5) is 0 Å². The number of aliphatic hydroxyl groups is 1. The summed E-state index contributed by atoms with van der Waals surface area (Å²) in [6, 6.07) is -0.837. The van der Waals surface area contributed by atoms with Gasteiger partial charge in [-0.05, 0) is 44.9 Å². The van der Waals surface area contributed by atoms with Crippen LogP contribution in [0.5, 0.6) is 0 Å². The van der Waals surface area contributed by atoms with Gasteiger partial charge in [-0.25, -0.2) is 9.78 Å². The first-order valence-corrected chi connectivity index (χ1v) is 18.3. The molecule has 0 spiro atoms. The Labute approximate surface area is 277 Å². The van der Waals surface area contributed by atoms with Crippen molar-refractivity contribution in [2.75, 3.05) is 39.4 Å². The van der Waals surface area contributed by atoms with Crippen LogP contribution < -0.4 is 5.32 Å². The molecule has 3 amide bonds. The summed E-state index contributed by atoms with van der Waals surface area (Å²) in [6.07, 6.45) is 9.41. The van der Waals surface area contributed by atoms with Crippen LogP contribution in [0.3, 0.4) is 0 Å². The van der Waals surface area contributed by atoms with Gasteiger partial charge in [0, 0.05) is 37.9 Å². The quantitative estimate of drug-likeness (QED) is 0.271. The van der Waals surface area contributed by atoms with E-state index < -0.39 is 36.0 Å². The molecule has 1 aromatic rings. The minimum atomic E-state index is -1.52. The van der Waals surface area contributed by atoms with Gasteiger partial charge in [0.25, 0.3) is 0 Å². The lowest BCUT2D eigenvalue weighted by Gasteiger charge is -2.34. The molecule has 3 unspecified atom stereocenters. The van der Waals surface area contributed by atoms with E-state index in [1.165, 1.54) is 17.8 Å². The van der Waals surface area contributed by atoms with Gasteiger partial charge < -0.3 is 29.7 Å². The third-order valence-electron chi connectivity index (χ3n) is 9.59. The van der Waals surface area contributed by atoms with Gasteiger partial charge in [-0.2, -0.15) is 0 Å². The fraction of sp³-hybridized carbons (Fsp3) is 0.794. The topological polar surface area (TPSA) is 138 Å². The van der Waals surface area contributed by atoms with E-state index in [2.05, 4.69) is 10.3 Å². The van der Waals surface area contributed by atoms with E-state index in [0.29, 0.717) is 50.9 Å². The number of ether oxygens (including phenoxy) is 2. The Morgan fingerprint density at radius 1 is 1.04 bits per heavy atom. The van der Waals surface area contributed by atoms with Gasteiger partial charge >= 0.3 is 5.97 Å². The van der Waals surface area contributed by atoms with Crippen LogP contribution in [-0.4, -0.2) is 101 Å². The lowest BCUT2D eigenvalue weighted by Crippen LogP contribution is -2.52. The summed E-state index contributed by atoms with van der Waals surface area (Å²) in [5.41, 5.74) is 2.39. The molecule has 0 aromatic carbocycles. The van der Waals surface area contributed by atoms with E-state index in [-0.39, 0.29) is 37.1 Å². The number of carbonyl (C=O) groups is 4. The monoisotopic (exact) mass is 662 g/mol. The molecule has 46 heavy (non-hydrogen) atoms. The second-order valence-electron chi connectivity index (χ2n) is 13.6. The smallest absolute Gasteiger partial charge is 0.337 e. The lowest BCUT2D eigenvalue weighted by molar-refractivity contribution is -0.159. The summed E-state index contributed by atoms with van der Waals surface area (Å²) < 4.78 is 10.7. The molecule has 2 heterocycles. The van der Waals surface area contributed by atoms with Crippen LogP contribution in [0, 0.1) is 17.8 Å². The molecular weight excluding hydrogens is 608 g/mol. The van der Waals surface area contributed by atoms with E-state index >= 15 is 0 Å². The van der Waals surface area contributed by atoms with Crippen molar-refractivity contribution in [2.24, 2.45) is 17.8 Å². The van der Waals surface area contributed by atoms with Gasteiger partial charge in [0.1, 0.15) is 0 Å². The number of aromatic nitrogens is 1. The summed E-state index contributed by atoms with van der Waals surface area (Å²) in [4.78, 5) is 62.0. The van der Waals surface area contributed by atoms with Gasteiger partial charge in [-0.15, -0.1) is 11.3 Å². The van der Waals surface area contributed by atoms with E-state index in [1.54, 1.807) is 29.2 Å². The molecule has 0 radical (unpaired) electrons. The highest BCUT2D eigenvalue weighted by molar-refractivity contribution is 7.07. The van der Waals surface area contributed by atoms with Gasteiger partial charge in [0.05, 0.1) is 49.0 Å². The van der Waals surface area contributed by atoms with Gasteiger partial charge in [-0.3, -0.25) is 14.4 Å². The molecule has 12 heteroatoms. The Kier molecular flexibility index (Phi) is 14.7. The third-order valence-corrected chi connectivity index (χ3v) is 10.2. The highest BCUT2D eigenvalue weighted by atomic mass is 32.1. The van der Waals surface area contributed by atoms with Crippen molar-refractivity contribution >= 4 is 35.0 Å². The first kappa shape index (κ1) is 36.3. The maximum atomic E-state index is 14.1. The predicted octanol–water partition coefficient (Wildman–Crippen LogP) is 3.73. The number of amides is 3. The highest BCUT2D eigenvalue weighted by Crippen LogP contribution is 2.29. The Morgan fingerprint density at radius 2 is 1.70 bits per heavy atom. The number of aliphatic hydroxyl groups excluding tert-OH is 1. The van der Waals surface area contributed by atoms with Crippen molar-refractivity contribution < 1.29 is 33.8 Å². The zero-order valence-corrected chi connectivity index (χ0v) is 28.5. The molecule has 3 aliphatic rings. The van der Waals surface area contributed by atoms with Gasteiger partial charge in [-0.1, -0.05) is 51.4 Å². The maximum absolute atomic E-state index is 14.1. The number of hydrogen-bond acceptors (Lipinski definition) is 9. The summed E-state index contributed by atoms with van der Waals surface area (Å²) in [5.74, 6) is -1.71. The molecule has 1 aliphatic heterocycles. The highest BCUT2D eigenvalue weighted by Gasteiger charge is 2.36. The van der Waals surface area contributed by atoms with Crippen LogP contribution >= 0.6 is 11.3 Å². The first-order chi connectivity index (χ1) is 22.2. The molecule has 0 bridgehead atoms. The fourth-order valence-corrected chi connectivity index (χ4v) is 7.59. The van der Waals surface area contributed by atoms with Crippen molar-refractivity contribution in [2.45, 2.75) is 116 Å². The second kappa shape index (κ2) is 18.7. The number of thiazole rings is 1. The van der Waals surface area contributed by atoms with Crippen molar-refractivity contribution in [1.82, 2.24) is 20.1 Å². The maximum Gasteiger partial charge on any atom is 0.337 e. The Morgan fingerprint density at radius 3 is 2.30 bits per heavy atom. The van der Waals surface area contributed by atoms with Crippen molar-refractivity contribution in [1.29, 1.82) is 0 Å². The molecule has 4 rings (SSSR count). The Bertz CT molecular complexity index is 1100. The van der Waals surface area contributed by atoms with Crippen molar-refractivity contribution in [3.8, 4) is 0 Å². The number of rotatable bonds is 15. The number of carbonyl (C=O) groups excluding carboxylic acids is 4. The molecule has 3 fully saturated rings. The summed E-state index contributed by atoms with van der Waals surface area (Å²) in [5, 5.41) is 15.9. The molecule has 11 nitrogen and oxygen atoms in total. The number of nitrogens with one attached hydrogen (secondary N) is 1. The number of hydrogen-bond donors (Lipinski definition) is 2. The van der Waals surface area contributed by atoms with E-state index in [1.807, 2.05) is 5.38 Å². The number of morpholine rings is 1. The van der Waals surface area contributed by atoms with E-state index in [0.717, 1.165) is 57.8 Å². The zero-order valence-electron chi connectivity index (χ0n) is 27.7. The van der Waals surface area contributed by atoms with Gasteiger partial charge in [0.2, 0.25) is 17.7 Å². The standard InChI is InChI=1S/C34H54N4O7S/c1-24(2)45-34(43)32(41)29(17-25-9-5-3-6-10-25)36-33(42)27(18-28-22-46-23-35-28)19-30(39)38(20-26-11-7-4-8-12-26)21-31(40)37-13-15-44-16-14-37/h22-27,29,32,41H,3-21H2,1-2H3,(H,36,42). The normalized spacial score (nSPS) is 20.1. The molecule has 1 aromatic heterocycles. The van der Waals surface area contributed by atoms with Crippen molar-refractivity contribution in [3.05, 3.63) is 16.6 Å². The molecule has 1 saturated heterocycles. The Hall–Kier alpha value is -2.57. The van der Waals surface area contributed by atoms with Crippen LogP contribution in [-0.2, 0) is 35.1 Å². The third kappa shape index (κ3) is 11.6. The van der Waals surface area contributed by atoms with Gasteiger partial charge in [0.15, 0.2) is 6.10 Å². The van der Waals surface area contributed by atoms with Crippen LogP contribution in [0.25, 0.3) is 0 Å².